The molecule has 0 fully saturated rings. The number of aromatic nitrogens is 1. The maximum Gasteiger partial charge on any atom is 0.200 e. The van der Waals surface area contributed by atoms with Crippen molar-refractivity contribution in [3.8, 4) is 22.6 Å². The Balaban J connectivity index is 2.44. The fraction of sp³-hybridized carbons (Fsp3) is 0.211. The van der Waals surface area contributed by atoms with Gasteiger partial charge in [-0.15, -0.1) is 0 Å². The number of benzene rings is 2. The normalized spacial score (nSPS) is 11.2. The van der Waals surface area contributed by atoms with Crippen molar-refractivity contribution < 1.29 is 9.84 Å². The van der Waals surface area contributed by atoms with Crippen LogP contribution < -0.4 is 10.2 Å². The van der Waals surface area contributed by atoms with Gasteiger partial charge in [-0.05, 0) is 31.5 Å². The van der Waals surface area contributed by atoms with Crippen LogP contribution in [0.1, 0.15) is 19.9 Å². The minimum atomic E-state index is -0.232. The van der Waals surface area contributed by atoms with E-state index in [9.17, 15) is 9.90 Å². The van der Waals surface area contributed by atoms with E-state index in [4.69, 9.17) is 16.3 Å². The Labute approximate surface area is 144 Å². The highest BCUT2D eigenvalue weighted by molar-refractivity contribution is 6.30. The van der Waals surface area contributed by atoms with Crippen molar-refractivity contribution in [3.63, 3.8) is 0 Å². The summed E-state index contributed by atoms with van der Waals surface area (Å²) < 4.78 is 7.17. The van der Waals surface area contributed by atoms with Crippen LogP contribution in [-0.2, 0) is 0 Å². The summed E-state index contributed by atoms with van der Waals surface area (Å²) in [6.45, 7) is 4.03. The average Bonchev–Trinajstić information content (AvgIpc) is 2.54. The molecule has 0 amide bonds. The zero-order valence-electron chi connectivity index (χ0n) is 13.7. The van der Waals surface area contributed by atoms with Crippen LogP contribution in [-0.4, -0.2) is 16.8 Å². The maximum absolute atomic E-state index is 13.0. The standard InChI is InChI=1S/C19H18ClNO3/c1-11(2)21-10-15(12-5-4-6-13(20)7-12)19(23)18-16(21)8-14(24-3)9-17(18)22/h4-11,22H,1-3H3. The predicted octanol–water partition coefficient (Wildman–Crippen LogP) is 4.62. The van der Waals surface area contributed by atoms with Gasteiger partial charge in [-0.2, -0.15) is 0 Å². The summed E-state index contributed by atoms with van der Waals surface area (Å²) in [5.74, 6) is 0.414. The first-order valence-corrected chi connectivity index (χ1v) is 8.02. The molecule has 1 aromatic heterocycles. The number of methoxy groups -OCH3 is 1. The molecule has 0 radical (unpaired) electrons. The van der Waals surface area contributed by atoms with E-state index in [1.807, 2.05) is 24.5 Å². The average molecular weight is 344 g/mol. The Morgan fingerprint density at radius 1 is 1.21 bits per heavy atom. The molecule has 0 saturated carbocycles. The van der Waals surface area contributed by atoms with Crippen molar-refractivity contribution in [2.75, 3.05) is 7.11 Å². The zero-order valence-corrected chi connectivity index (χ0v) is 14.5. The van der Waals surface area contributed by atoms with Gasteiger partial charge in [0.1, 0.15) is 11.5 Å². The molecule has 0 unspecified atom stereocenters. The molecular formula is C19H18ClNO3. The van der Waals surface area contributed by atoms with Gasteiger partial charge in [0.2, 0.25) is 5.43 Å². The quantitative estimate of drug-likeness (QED) is 0.755. The largest absolute Gasteiger partial charge is 0.507 e. The lowest BCUT2D eigenvalue weighted by molar-refractivity contribution is 0.409. The van der Waals surface area contributed by atoms with Crippen LogP contribution in [0.2, 0.25) is 5.02 Å². The second kappa shape index (κ2) is 6.21. The van der Waals surface area contributed by atoms with Gasteiger partial charge in [-0.3, -0.25) is 4.79 Å². The van der Waals surface area contributed by atoms with Gasteiger partial charge in [0.15, 0.2) is 0 Å². The Hall–Kier alpha value is -2.46. The summed E-state index contributed by atoms with van der Waals surface area (Å²) in [4.78, 5) is 13.0. The molecule has 124 valence electrons. The number of nitrogens with zero attached hydrogens (tertiary/aromatic N) is 1. The van der Waals surface area contributed by atoms with Crippen molar-refractivity contribution in [2.45, 2.75) is 19.9 Å². The monoisotopic (exact) mass is 343 g/mol. The van der Waals surface area contributed by atoms with E-state index in [2.05, 4.69) is 0 Å². The minimum Gasteiger partial charge on any atom is -0.507 e. The molecule has 0 aliphatic heterocycles. The number of ether oxygens (including phenoxy) is 1. The highest BCUT2D eigenvalue weighted by atomic mass is 35.5. The predicted molar refractivity (Wildman–Crippen MR) is 97.3 cm³/mol. The number of aromatic hydroxyl groups is 1. The van der Waals surface area contributed by atoms with E-state index in [-0.39, 0.29) is 22.6 Å². The summed E-state index contributed by atoms with van der Waals surface area (Å²) in [6.07, 6.45) is 1.81. The lowest BCUT2D eigenvalue weighted by Crippen LogP contribution is -2.14. The van der Waals surface area contributed by atoms with E-state index in [1.54, 1.807) is 30.5 Å². The Bertz CT molecular complexity index is 976. The number of rotatable bonds is 3. The fourth-order valence-corrected chi connectivity index (χ4v) is 3.02. The van der Waals surface area contributed by atoms with Crippen molar-refractivity contribution in [2.24, 2.45) is 0 Å². The third-order valence-corrected chi connectivity index (χ3v) is 4.25. The molecule has 0 aliphatic carbocycles. The Kier molecular flexibility index (Phi) is 4.24. The van der Waals surface area contributed by atoms with Crippen LogP contribution in [0.4, 0.5) is 0 Å². The van der Waals surface area contributed by atoms with Gasteiger partial charge >= 0.3 is 0 Å². The molecule has 4 nitrogen and oxygen atoms in total. The van der Waals surface area contributed by atoms with Crippen molar-refractivity contribution in [3.05, 3.63) is 57.8 Å². The first-order chi connectivity index (χ1) is 11.4. The van der Waals surface area contributed by atoms with Crippen molar-refractivity contribution in [1.82, 2.24) is 4.57 Å². The lowest BCUT2D eigenvalue weighted by atomic mass is 10.0. The van der Waals surface area contributed by atoms with Gasteiger partial charge < -0.3 is 14.4 Å². The molecule has 3 rings (SSSR count). The molecule has 3 aromatic rings. The summed E-state index contributed by atoms with van der Waals surface area (Å²) >= 11 is 6.06. The highest BCUT2D eigenvalue weighted by Gasteiger charge is 2.17. The third kappa shape index (κ3) is 2.74. The Morgan fingerprint density at radius 3 is 2.58 bits per heavy atom. The molecule has 5 heteroatoms. The number of pyridine rings is 1. The van der Waals surface area contributed by atoms with Gasteiger partial charge in [-0.1, -0.05) is 23.7 Å². The van der Waals surface area contributed by atoms with Crippen LogP contribution in [0.15, 0.2) is 47.4 Å². The number of hydrogen-bond acceptors (Lipinski definition) is 3. The lowest BCUT2D eigenvalue weighted by Gasteiger charge is -2.18. The number of fused-ring (bicyclic) bond motifs is 1. The number of halogens is 1. The van der Waals surface area contributed by atoms with Crippen LogP contribution >= 0.6 is 11.6 Å². The molecule has 0 aliphatic rings. The number of phenols is 1. The van der Waals surface area contributed by atoms with Gasteiger partial charge in [0, 0.05) is 35.0 Å². The first-order valence-electron chi connectivity index (χ1n) is 7.64. The van der Waals surface area contributed by atoms with Crippen molar-refractivity contribution >= 4 is 22.5 Å². The number of hydrogen-bond donors (Lipinski definition) is 1. The van der Waals surface area contributed by atoms with E-state index >= 15 is 0 Å². The summed E-state index contributed by atoms with van der Waals surface area (Å²) in [5, 5.41) is 11.2. The molecule has 1 N–H and O–H groups in total. The van der Waals surface area contributed by atoms with Gasteiger partial charge in [0.05, 0.1) is 18.0 Å². The van der Waals surface area contributed by atoms with Crippen LogP contribution in [0.25, 0.3) is 22.0 Å². The molecule has 0 bridgehead atoms. The van der Waals surface area contributed by atoms with Crippen LogP contribution in [0.3, 0.4) is 0 Å². The van der Waals surface area contributed by atoms with Crippen molar-refractivity contribution in [1.29, 1.82) is 0 Å². The molecule has 2 aromatic carbocycles. The second-order valence-corrected chi connectivity index (χ2v) is 6.36. The molecule has 0 spiro atoms. The molecular weight excluding hydrogens is 326 g/mol. The van der Waals surface area contributed by atoms with Gasteiger partial charge in [0.25, 0.3) is 0 Å². The zero-order chi connectivity index (χ0) is 17.4. The first kappa shape index (κ1) is 16.4. The van der Waals surface area contributed by atoms with E-state index in [0.717, 1.165) is 5.56 Å². The molecule has 0 atom stereocenters. The van der Waals surface area contributed by atoms with Gasteiger partial charge in [-0.25, -0.2) is 0 Å². The van der Waals surface area contributed by atoms with Crippen LogP contribution in [0.5, 0.6) is 11.5 Å². The van der Waals surface area contributed by atoms with Crippen LogP contribution in [0, 0.1) is 0 Å². The maximum atomic E-state index is 13.0. The topological polar surface area (TPSA) is 51.5 Å². The smallest absolute Gasteiger partial charge is 0.200 e. The third-order valence-electron chi connectivity index (χ3n) is 4.02. The SMILES string of the molecule is COc1cc(O)c2c(=O)c(-c3cccc(Cl)c3)cn(C(C)C)c2c1. The fourth-order valence-electron chi connectivity index (χ4n) is 2.83. The molecule has 0 saturated heterocycles. The van der Waals surface area contributed by atoms with E-state index < -0.39 is 0 Å². The summed E-state index contributed by atoms with van der Waals surface area (Å²) in [5.41, 5.74) is 1.63. The number of phenolic OH excluding ortho intramolecular Hbond substituents is 1. The minimum absolute atomic E-state index is 0.0902. The van der Waals surface area contributed by atoms with E-state index in [1.165, 1.54) is 13.2 Å². The highest BCUT2D eigenvalue weighted by Crippen LogP contribution is 2.32. The Morgan fingerprint density at radius 2 is 1.96 bits per heavy atom. The summed E-state index contributed by atoms with van der Waals surface area (Å²) in [7, 11) is 1.53. The molecule has 24 heavy (non-hydrogen) atoms. The summed E-state index contributed by atoms with van der Waals surface area (Å²) in [6, 6.07) is 10.4. The van der Waals surface area contributed by atoms with E-state index in [0.29, 0.717) is 21.9 Å². The molecule has 1 heterocycles. The second-order valence-electron chi connectivity index (χ2n) is 5.92.